The Morgan fingerprint density at radius 3 is 2.74 bits per heavy atom. The maximum absolute atomic E-state index is 12.2. The molecule has 0 radical (unpaired) electrons. The first kappa shape index (κ1) is 24.4. The van der Waals surface area contributed by atoms with E-state index in [4.69, 9.17) is 20.6 Å². The molecule has 2 heterocycles. The maximum Gasteiger partial charge on any atom is 0.226 e. The molecule has 178 valence electrons. The van der Waals surface area contributed by atoms with E-state index in [9.17, 15) is 9.59 Å². The first-order valence-corrected chi connectivity index (χ1v) is 10.5. The number of nitrogens with two attached hydrogens (primary N) is 1. The third-order valence-corrected chi connectivity index (χ3v) is 4.88. The van der Waals surface area contributed by atoms with Crippen molar-refractivity contribution in [1.82, 2.24) is 14.8 Å². The third-order valence-electron chi connectivity index (χ3n) is 4.88. The average molecular weight is 466 g/mol. The zero-order chi connectivity index (χ0) is 24.5. The number of amidine groups is 1. The molecule has 1 aromatic carbocycles. The molecule has 0 bridgehead atoms. The number of nitrogens with one attached hydrogen (secondary N) is 2. The number of carbonyl (C=O) groups is 2. The Balaban J connectivity index is 1.47. The van der Waals surface area contributed by atoms with E-state index in [1.165, 1.54) is 12.0 Å². The van der Waals surface area contributed by atoms with Gasteiger partial charge in [-0.1, -0.05) is 0 Å². The van der Waals surface area contributed by atoms with E-state index in [1.54, 1.807) is 66.5 Å². The van der Waals surface area contributed by atoms with E-state index in [0.717, 1.165) is 5.69 Å². The van der Waals surface area contributed by atoms with Crippen molar-refractivity contribution < 1.29 is 19.1 Å². The molecule has 1 atom stereocenters. The molecule has 0 aliphatic heterocycles. The summed E-state index contributed by atoms with van der Waals surface area (Å²) in [6, 6.07) is 11.9. The van der Waals surface area contributed by atoms with Gasteiger partial charge in [0.15, 0.2) is 5.82 Å². The number of benzene rings is 1. The fourth-order valence-corrected chi connectivity index (χ4v) is 3.10. The summed E-state index contributed by atoms with van der Waals surface area (Å²) in [6.45, 7) is 2.30. The summed E-state index contributed by atoms with van der Waals surface area (Å²) >= 11 is 0. The first-order valence-electron chi connectivity index (χ1n) is 10.5. The van der Waals surface area contributed by atoms with Crippen molar-refractivity contribution in [2.45, 2.75) is 19.4 Å². The predicted molar refractivity (Wildman–Crippen MR) is 127 cm³/mol. The lowest BCUT2D eigenvalue weighted by Crippen LogP contribution is -2.29. The highest BCUT2D eigenvalue weighted by Gasteiger charge is 2.13. The maximum atomic E-state index is 12.2. The van der Waals surface area contributed by atoms with Gasteiger partial charge in [-0.25, -0.2) is 9.67 Å². The monoisotopic (exact) mass is 465 g/mol. The normalized spacial score (nSPS) is 11.5. The van der Waals surface area contributed by atoms with Crippen molar-refractivity contribution in [3.05, 3.63) is 60.4 Å². The minimum atomic E-state index is -0.355. The number of ether oxygens (including phenoxy) is 2. The Kier molecular flexibility index (Phi) is 8.30. The molecule has 0 aliphatic rings. The fourth-order valence-electron chi connectivity index (χ4n) is 3.10. The summed E-state index contributed by atoms with van der Waals surface area (Å²) in [5, 5.41) is 14.6. The summed E-state index contributed by atoms with van der Waals surface area (Å²) in [6.07, 6.45) is 3.82. The van der Waals surface area contributed by atoms with E-state index in [2.05, 4.69) is 15.4 Å². The topological polar surface area (TPSA) is 148 Å². The SMILES string of the molecule is COc1cc(-n2ccc(N(C=O)CCOC(C)CC(=O)Nc3ccc(C(=N)N)cc3)n2)ccn1. The molecule has 11 nitrogen and oxygen atoms in total. The Bertz CT molecular complexity index is 1130. The lowest BCUT2D eigenvalue weighted by molar-refractivity contribution is -0.118. The van der Waals surface area contributed by atoms with Gasteiger partial charge in [-0.15, -0.1) is 5.10 Å². The number of hydrogen-bond acceptors (Lipinski definition) is 7. The van der Waals surface area contributed by atoms with Gasteiger partial charge >= 0.3 is 0 Å². The number of hydrogen-bond donors (Lipinski definition) is 3. The number of carbonyl (C=O) groups excluding carboxylic acids is 2. The van der Waals surface area contributed by atoms with Crippen molar-refractivity contribution >= 4 is 29.7 Å². The Labute approximate surface area is 197 Å². The van der Waals surface area contributed by atoms with Crippen LogP contribution in [-0.2, 0) is 14.3 Å². The van der Waals surface area contributed by atoms with Gasteiger partial charge in [0.05, 0.1) is 38.5 Å². The molecule has 34 heavy (non-hydrogen) atoms. The molecular formula is C23H27N7O4. The van der Waals surface area contributed by atoms with E-state index in [-0.39, 0.29) is 37.4 Å². The summed E-state index contributed by atoms with van der Waals surface area (Å²) in [4.78, 5) is 29.3. The molecule has 0 saturated heterocycles. The highest BCUT2D eigenvalue weighted by Crippen LogP contribution is 2.16. The fraction of sp³-hybridized carbons (Fsp3) is 0.261. The highest BCUT2D eigenvalue weighted by molar-refractivity contribution is 5.96. The van der Waals surface area contributed by atoms with Gasteiger partial charge in [-0.3, -0.25) is 19.9 Å². The second-order valence-electron chi connectivity index (χ2n) is 7.40. The van der Waals surface area contributed by atoms with Crippen LogP contribution in [0.2, 0.25) is 0 Å². The number of amides is 2. The second-order valence-corrected chi connectivity index (χ2v) is 7.40. The molecule has 11 heteroatoms. The zero-order valence-electron chi connectivity index (χ0n) is 19.0. The molecule has 0 fully saturated rings. The van der Waals surface area contributed by atoms with Gasteiger partial charge in [0, 0.05) is 35.8 Å². The summed E-state index contributed by atoms with van der Waals surface area (Å²) in [7, 11) is 1.53. The van der Waals surface area contributed by atoms with Gasteiger partial charge in [-0.2, -0.15) is 0 Å². The molecule has 2 amide bonds. The molecule has 0 aliphatic carbocycles. The van der Waals surface area contributed by atoms with Crippen LogP contribution < -0.4 is 20.7 Å². The predicted octanol–water partition coefficient (Wildman–Crippen LogP) is 1.96. The molecular weight excluding hydrogens is 438 g/mol. The molecule has 3 rings (SSSR count). The van der Waals surface area contributed by atoms with E-state index < -0.39 is 0 Å². The first-order chi connectivity index (χ1) is 16.4. The molecule has 0 spiro atoms. The van der Waals surface area contributed by atoms with Crippen molar-refractivity contribution in [3.8, 4) is 11.6 Å². The number of anilines is 2. The quantitative estimate of drug-likeness (QED) is 0.210. The van der Waals surface area contributed by atoms with Crippen LogP contribution >= 0.6 is 0 Å². The van der Waals surface area contributed by atoms with Gasteiger partial charge in [0.1, 0.15) is 5.84 Å². The van der Waals surface area contributed by atoms with Gasteiger partial charge in [-0.05, 0) is 37.3 Å². The number of pyridine rings is 1. The molecule has 0 saturated carbocycles. The minimum Gasteiger partial charge on any atom is -0.481 e. The zero-order valence-corrected chi connectivity index (χ0v) is 19.0. The standard InChI is InChI=1S/C23H27N7O4/c1-16(13-21(32)27-18-5-3-17(4-6-18)23(24)25)34-12-11-29(15-31)20-8-10-30(28-20)19-7-9-26-22(14-19)33-2/h3-10,14-16H,11-13H2,1-2H3,(H3,24,25)(H,27,32). The number of nitrogens with zero attached hydrogens (tertiary/aromatic N) is 4. The van der Waals surface area contributed by atoms with Crippen LogP contribution in [-0.4, -0.2) is 59.3 Å². The van der Waals surface area contributed by atoms with Gasteiger partial charge < -0.3 is 20.5 Å². The smallest absolute Gasteiger partial charge is 0.226 e. The molecule has 2 aromatic heterocycles. The van der Waals surface area contributed by atoms with Crippen LogP contribution in [0.4, 0.5) is 11.5 Å². The van der Waals surface area contributed by atoms with Crippen LogP contribution in [0.1, 0.15) is 18.9 Å². The number of aromatic nitrogens is 3. The largest absolute Gasteiger partial charge is 0.481 e. The van der Waals surface area contributed by atoms with Crippen LogP contribution in [0.15, 0.2) is 54.9 Å². The van der Waals surface area contributed by atoms with Crippen molar-refractivity contribution in [2.75, 3.05) is 30.5 Å². The Hall–Kier alpha value is -4.25. The van der Waals surface area contributed by atoms with E-state index in [1.807, 2.05) is 0 Å². The Morgan fingerprint density at radius 2 is 2.06 bits per heavy atom. The van der Waals surface area contributed by atoms with Crippen LogP contribution in [0.5, 0.6) is 5.88 Å². The van der Waals surface area contributed by atoms with Gasteiger partial charge in [0.25, 0.3) is 0 Å². The van der Waals surface area contributed by atoms with E-state index in [0.29, 0.717) is 29.4 Å². The molecule has 4 N–H and O–H groups in total. The lowest BCUT2D eigenvalue weighted by atomic mass is 10.2. The number of methoxy groups -OCH3 is 1. The van der Waals surface area contributed by atoms with Crippen LogP contribution in [0.25, 0.3) is 5.69 Å². The highest BCUT2D eigenvalue weighted by atomic mass is 16.5. The Morgan fingerprint density at radius 1 is 1.29 bits per heavy atom. The molecule has 3 aromatic rings. The number of nitrogen functional groups attached to an aromatic ring is 1. The minimum absolute atomic E-state index is 0.0337. The molecule has 1 unspecified atom stereocenters. The summed E-state index contributed by atoms with van der Waals surface area (Å²) in [5.41, 5.74) is 7.36. The average Bonchev–Trinajstić information content (AvgIpc) is 3.32. The lowest BCUT2D eigenvalue weighted by Gasteiger charge is -2.17. The third kappa shape index (κ3) is 6.62. The van der Waals surface area contributed by atoms with Crippen molar-refractivity contribution in [3.63, 3.8) is 0 Å². The van der Waals surface area contributed by atoms with Crippen LogP contribution in [0.3, 0.4) is 0 Å². The van der Waals surface area contributed by atoms with Gasteiger partial charge in [0.2, 0.25) is 18.2 Å². The second kappa shape index (κ2) is 11.6. The van der Waals surface area contributed by atoms with E-state index >= 15 is 0 Å². The summed E-state index contributed by atoms with van der Waals surface area (Å²) in [5.74, 6) is 0.686. The van der Waals surface area contributed by atoms with Crippen molar-refractivity contribution in [2.24, 2.45) is 5.73 Å². The number of rotatable bonds is 12. The van der Waals surface area contributed by atoms with Crippen molar-refractivity contribution in [1.29, 1.82) is 5.41 Å². The van der Waals surface area contributed by atoms with Crippen LogP contribution in [0, 0.1) is 5.41 Å². The summed E-state index contributed by atoms with van der Waals surface area (Å²) < 4.78 is 12.5.